The van der Waals surface area contributed by atoms with Crippen LogP contribution in [0.3, 0.4) is 0 Å². The fraction of sp³-hybridized carbons (Fsp3) is 0.500. The number of benzene rings is 1. The van der Waals surface area contributed by atoms with Crippen LogP contribution in [-0.4, -0.2) is 59.2 Å². The molecule has 1 aliphatic carbocycles. The highest BCUT2D eigenvalue weighted by Crippen LogP contribution is 2.38. The van der Waals surface area contributed by atoms with Gasteiger partial charge in [-0.05, 0) is 50.7 Å². The van der Waals surface area contributed by atoms with Gasteiger partial charge in [-0.1, -0.05) is 12.5 Å². The van der Waals surface area contributed by atoms with Crippen molar-refractivity contribution in [1.82, 2.24) is 35.3 Å². The lowest BCUT2D eigenvalue weighted by atomic mass is 9.83. The summed E-state index contributed by atoms with van der Waals surface area (Å²) in [6.45, 7) is 0. The first kappa shape index (κ1) is 21.0. The van der Waals surface area contributed by atoms with Crippen LogP contribution >= 0.6 is 0 Å². The lowest BCUT2D eigenvalue weighted by molar-refractivity contribution is 0.215. The van der Waals surface area contributed by atoms with Crippen LogP contribution in [-0.2, 0) is 7.05 Å². The van der Waals surface area contributed by atoms with Crippen LogP contribution in [0, 0.1) is 11.3 Å². The number of fused-ring (bicyclic) bond motifs is 2. The Labute approximate surface area is 197 Å². The maximum atomic E-state index is 10.7. The molecule has 34 heavy (non-hydrogen) atoms. The number of aromatic nitrogens is 6. The highest BCUT2D eigenvalue weighted by molar-refractivity contribution is 5.70. The smallest absolute Gasteiger partial charge is 0.231 e. The summed E-state index contributed by atoms with van der Waals surface area (Å²) < 4.78 is 1.41. The number of nitriles is 1. The Balaban J connectivity index is 1.24. The van der Waals surface area contributed by atoms with Gasteiger partial charge in [-0.3, -0.25) is 0 Å². The van der Waals surface area contributed by atoms with Crippen molar-refractivity contribution in [3.63, 3.8) is 0 Å². The topological polar surface area (TPSA) is 129 Å². The minimum absolute atomic E-state index is 0.0169. The molecule has 1 aromatic carbocycles. The number of phenolic OH excluding ortho intramolecular Hbond substituents is 1. The summed E-state index contributed by atoms with van der Waals surface area (Å²) in [4.78, 5) is 11.2. The van der Waals surface area contributed by atoms with E-state index in [0.717, 1.165) is 18.7 Å². The molecule has 3 aliphatic rings. The summed E-state index contributed by atoms with van der Waals surface area (Å²) in [5.41, 5.74) is 1.10. The molecule has 4 heterocycles. The second-order valence-corrected chi connectivity index (χ2v) is 9.62. The number of nitrogens with one attached hydrogen (secondary N) is 1. The molecule has 10 heteroatoms. The average Bonchev–Trinajstić information content (AvgIpc) is 3.60. The molecule has 6 rings (SSSR count). The van der Waals surface area contributed by atoms with Crippen molar-refractivity contribution in [3.8, 4) is 34.6 Å². The van der Waals surface area contributed by atoms with Crippen LogP contribution in [0.25, 0.3) is 22.8 Å². The fourth-order valence-electron chi connectivity index (χ4n) is 5.46. The minimum Gasteiger partial charge on any atom is -0.507 e. The summed E-state index contributed by atoms with van der Waals surface area (Å²) in [6, 6.07) is 9.28. The van der Waals surface area contributed by atoms with Crippen LogP contribution in [0.5, 0.6) is 5.75 Å². The Kier molecular flexibility index (Phi) is 5.14. The number of rotatable bonds is 5. The summed E-state index contributed by atoms with van der Waals surface area (Å²) in [7, 11) is 1.66. The molecule has 3 atom stereocenters. The third-order valence-electron chi connectivity index (χ3n) is 7.20. The van der Waals surface area contributed by atoms with Crippen LogP contribution in [0.15, 0.2) is 24.4 Å². The monoisotopic (exact) mass is 457 g/mol. The molecule has 0 amide bonds. The second kappa shape index (κ2) is 8.33. The molecule has 10 nitrogen and oxygen atoms in total. The first-order valence-electron chi connectivity index (χ1n) is 12.0. The standard InChI is InChI=1S/C24H27N9O/c1-32-21(12-25)28-23(31-32)14-5-8-19(20(34)9-14)24-26-13-22(29-30-24)33(17-6-7-17)18-10-15-3-2-4-16(11-18)27-15/h5,8-9,13,15-18,27,34H,2-4,6-7,10-11H2,1H3/t15-,16+,18-. The number of hydrogen-bond donors (Lipinski definition) is 2. The normalized spacial score (nSPS) is 23.9. The van der Waals surface area contributed by atoms with Gasteiger partial charge in [0.25, 0.3) is 0 Å². The van der Waals surface area contributed by atoms with E-state index in [-0.39, 0.29) is 11.6 Å². The largest absolute Gasteiger partial charge is 0.507 e. The molecule has 0 unspecified atom stereocenters. The number of piperidine rings is 2. The number of nitrogens with zero attached hydrogens (tertiary/aromatic N) is 8. The molecule has 2 bridgehead atoms. The number of phenols is 1. The number of aromatic hydroxyl groups is 1. The zero-order valence-corrected chi connectivity index (χ0v) is 19.1. The average molecular weight is 458 g/mol. The SMILES string of the molecule is Cn1nc(-c2ccc(-c3ncc(N(C4CC4)[C@@H]4C[C@H]5CCC[C@@H](C4)N5)nn3)c(O)c2)nc1C#N. The van der Waals surface area contributed by atoms with E-state index in [1.54, 1.807) is 31.4 Å². The molecular weight excluding hydrogens is 430 g/mol. The molecule has 0 spiro atoms. The molecule has 2 aliphatic heterocycles. The van der Waals surface area contributed by atoms with E-state index < -0.39 is 0 Å². The van der Waals surface area contributed by atoms with Crippen molar-refractivity contribution in [3.05, 3.63) is 30.2 Å². The van der Waals surface area contributed by atoms with Crippen molar-refractivity contribution in [2.75, 3.05) is 4.90 Å². The molecule has 2 N–H and O–H groups in total. The Morgan fingerprint density at radius 1 is 1.09 bits per heavy atom. The van der Waals surface area contributed by atoms with Gasteiger partial charge in [-0.2, -0.15) is 15.3 Å². The third-order valence-corrected chi connectivity index (χ3v) is 7.20. The Morgan fingerprint density at radius 2 is 1.88 bits per heavy atom. The minimum atomic E-state index is 0.0169. The first-order chi connectivity index (χ1) is 16.6. The maximum Gasteiger partial charge on any atom is 0.231 e. The maximum absolute atomic E-state index is 10.7. The number of aryl methyl sites for hydroxylation is 1. The van der Waals surface area contributed by atoms with E-state index in [1.165, 1.54) is 36.8 Å². The highest BCUT2D eigenvalue weighted by Gasteiger charge is 2.40. The molecule has 174 valence electrons. The van der Waals surface area contributed by atoms with Gasteiger partial charge in [-0.15, -0.1) is 10.2 Å². The van der Waals surface area contributed by atoms with Gasteiger partial charge in [0, 0.05) is 36.8 Å². The second-order valence-electron chi connectivity index (χ2n) is 9.62. The van der Waals surface area contributed by atoms with Gasteiger partial charge < -0.3 is 15.3 Å². The van der Waals surface area contributed by atoms with Crippen molar-refractivity contribution in [2.24, 2.45) is 7.05 Å². The molecule has 0 radical (unpaired) electrons. The highest BCUT2D eigenvalue weighted by atomic mass is 16.3. The molecule has 2 saturated heterocycles. The quantitative estimate of drug-likeness (QED) is 0.594. The van der Waals surface area contributed by atoms with Crippen molar-refractivity contribution in [1.29, 1.82) is 5.26 Å². The Hall–Kier alpha value is -3.58. The molecule has 1 saturated carbocycles. The molecule has 3 aromatic rings. The molecule has 2 aromatic heterocycles. The van der Waals surface area contributed by atoms with Crippen molar-refractivity contribution >= 4 is 5.82 Å². The molecular formula is C24H27N9O. The lowest BCUT2D eigenvalue weighted by Gasteiger charge is -2.45. The van der Waals surface area contributed by atoms with Gasteiger partial charge in [0.05, 0.1) is 11.8 Å². The van der Waals surface area contributed by atoms with Crippen LogP contribution in [0.4, 0.5) is 5.82 Å². The predicted molar refractivity (Wildman–Crippen MR) is 125 cm³/mol. The van der Waals surface area contributed by atoms with Gasteiger partial charge in [0.15, 0.2) is 17.5 Å². The summed E-state index contributed by atoms with van der Waals surface area (Å²) >= 11 is 0. The number of hydrogen-bond acceptors (Lipinski definition) is 9. The lowest BCUT2D eigenvalue weighted by Crippen LogP contribution is -2.55. The van der Waals surface area contributed by atoms with Crippen LogP contribution in [0.2, 0.25) is 0 Å². The predicted octanol–water partition coefficient (Wildman–Crippen LogP) is 2.55. The van der Waals surface area contributed by atoms with E-state index in [2.05, 4.69) is 35.5 Å². The van der Waals surface area contributed by atoms with Crippen LogP contribution in [0.1, 0.15) is 50.8 Å². The van der Waals surface area contributed by atoms with E-state index in [0.29, 0.717) is 46.9 Å². The molecule has 3 fully saturated rings. The van der Waals surface area contributed by atoms with Crippen molar-refractivity contribution in [2.45, 2.75) is 69.1 Å². The van der Waals surface area contributed by atoms with Gasteiger partial charge >= 0.3 is 0 Å². The van der Waals surface area contributed by atoms with Crippen molar-refractivity contribution < 1.29 is 5.11 Å². The van der Waals surface area contributed by atoms with Gasteiger partial charge in [0.2, 0.25) is 5.82 Å². The third kappa shape index (κ3) is 3.86. The zero-order valence-electron chi connectivity index (χ0n) is 19.1. The fourth-order valence-corrected chi connectivity index (χ4v) is 5.46. The van der Waals surface area contributed by atoms with Gasteiger partial charge in [0.1, 0.15) is 11.8 Å². The number of anilines is 1. The summed E-state index contributed by atoms with van der Waals surface area (Å²) in [5, 5.41) is 36.7. The van der Waals surface area contributed by atoms with E-state index in [1.807, 2.05) is 6.07 Å². The Bertz CT molecular complexity index is 1230. The van der Waals surface area contributed by atoms with Crippen LogP contribution < -0.4 is 10.2 Å². The summed E-state index contributed by atoms with van der Waals surface area (Å²) in [6.07, 6.45) is 10.3. The van der Waals surface area contributed by atoms with E-state index >= 15 is 0 Å². The summed E-state index contributed by atoms with van der Waals surface area (Å²) in [5.74, 6) is 1.80. The Morgan fingerprint density at radius 3 is 2.50 bits per heavy atom. The van der Waals surface area contributed by atoms with Gasteiger partial charge in [-0.25, -0.2) is 9.67 Å². The zero-order chi connectivity index (χ0) is 23.2. The van der Waals surface area contributed by atoms with E-state index in [9.17, 15) is 5.11 Å². The first-order valence-corrected chi connectivity index (χ1v) is 12.0. The van der Waals surface area contributed by atoms with E-state index in [4.69, 9.17) is 5.26 Å².